The molecule has 6 nitrogen and oxygen atoms in total. The van der Waals surface area contributed by atoms with Crippen molar-refractivity contribution in [2.45, 2.75) is 13.3 Å². The zero-order chi connectivity index (χ0) is 18.2. The molecule has 0 aliphatic carbocycles. The summed E-state index contributed by atoms with van der Waals surface area (Å²) < 4.78 is 4.73. The fourth-order valence-corrected chi connectivity index (χ4v) is 2.28. The molecule has 0 atom stereocenters. The van der Waals surface area contributed by atoms with Gasteiger partial charge in [-0.3, -0.25) is 9.59 Å². The summed E-state index contributed by atoms with van der Waals surface area (Å²) in [6, 6.07) is 13.7. The highest BCUT2D eigenvalue weighted by Gasteiger charge is 2.11. The van der Waals surface area contributed by atoms with Crippen LogP contribution in [0.4, 0.5) is 11.4 Å². The van der Waals surface area contributed by atoms with Gasteiger partial charge in [-0.05, 0) is 31.2 Å². The van der Waals surface area contributed by atoms with Crippen molar-refractivity contribution in [2.24, 2.45) is 0 Å². The third-order valence-corrected chi connectivity index (χ3v) is 3.55. The molecule has 2 aromatic carbocycles. The van der Waals surface area contributed by atoms with Crippen molar-refractivity contribution >= 4 is 29.0 Å². The number of carbonyl (C=O) groups excluding carboxylic acids is 3. The van der Waals surface area contributed by atoms with Gasteiger partial charge in [0.15, 0.2) is 5.78 Å². The Hall–Kier alpha value is -3.15. The standard InChI is InChI=1S/C19H20N2O4/c1-13(22)14-6-5-7-15(12-14)21-18(23)10-11-20-17-9-4-3-8-16(17)19(24)25-2/h3-9,12,20H,10-11H2,1-2H3,(H,21,23). The first-order valence-corrected chi connectivity index (χ1v) is 7.83. The van der Waals surface area contributed by atoms with Crippen LogP contribution in [0.5, 0.6) is 0 Å². The number of anilines is 2. The van der Waals surface area contributed by atoms with E-state index in [1.807, 2.05) is 0 Å². The molecule has 6 heteroatoms. The van der Waals surface area contributed by atoms with E-state index in [4.69, 9.17) is 4.74 Å². The van der Waals surface area contributed by atoms with Gasteiger partial charge < -0.3 is 15.4 Å². The number of rotatable bonds is 7. The van der Waals surface area contributed by atoms with Crippen molar-refractivity contribution in [3.8, 4) is 0 Å². The molecule has 0 spiro atoms. The molecule has 0 aliphatic heterocycles. The first-order chi connectivity index (χ1) is 12.0. The minimum absolute atomic E-state index is 0.0582. The monoisotopic (exact) mass is 340 g/mol. The Bertz CT molecular complexity index is 786. The molecule has 0 heterocycles. The quantitative estimate of drug-likeness (QED) is 0.597. The van der Waals surface area contributed by atoms with Crippen molar-refractivity contribution < 1.29 is 19.1 Å². The normalized spacial score (nSPS) is 10.0. The molecule has 130 valence electrons. The van der Waals surface area contributed by atoms with E-state index in [1.54, 1.807) is 48.5 Å². The molecule has 0 aromatic heterocycles. The van der Waals surface area contributed by atoms with E-state index in [9.17, 15) is 14.4 Å². The largest absolute Gasteiger partial charge is 0.465 e. The zero-order valence-electron chi connectivity index (χ0n) is 14.2. The number of para-hydroxylation sites is 1. The molecule has 0 unspecified atom stereocenters. The number of nitrogens with one attached hydrogen (secondary N) is 2. The van der Waals surface area contributed by atoms with E-state index in [1.165, 1.54) is 14.0 Å². The molecule has 2 aromatic rings. The Kier molecular flexibility index (Phi) is 6.28. The molecular formula is C19H20N2O4. The third kappa shape index (κ3) is 5.17. The van der Waals surface area contributed by atoms with Crippen LogP contribution in [0.2, 0.25) is 0 Å². The van der Waals surface area contributed by atoms with Gasteiger partial charge >= 0.3 is 5.97 Å². The topological polar surface area (TPSA) is 84.5 Å². The van der Waals surface area contributed by atoms with Gasteiger partial charge in [-0.2, -0.15) is 0 Å². The number of Topliss-reactive ketones (excluding diaryl/α,β-unsaturated/α-hetero) is 1. The highest BCUT2D eigenvalue weighted by atomic mass is 16.5. The molecule has 0 saturated carbocycles. The average Bonchev–Trinajstić information content (AvgIpc) is 2.61. The number of hydrogen-bond acceptors (Lipinski definition) is 5. The van der Waals surface area contributed by atoms with E-state index in [-0.39, 0.29) is 18.1 Å². The summed E-state index contributed by atoms with van der Waals surface area (Å²) in [6.45, 7) is 1.83. The zero-order valence-corrected chi connectivity index (χ0v) is 14.2. The van der Waals surface area contributed by atoms with Crippen LogP contribution in [-0.2, 0) is 9.53 Å². The van der Waals surface area contributed by atoms with E-state index in [0.29, 0.717) is 29.0 Å². The van der Waals surface area contributed by atoms with Gasteiger partial charge in [0.1, 0.15) is 0 Å². The van der Waals surface area contributed by atoms with Crippen molar-refractivity contribution in [1.29, 1.82) is 0 Å². The van der Waals surface area contributed by atoms with E-state index >= 15 is 0 Å². The lowest BCUT2D eigenvalue weighted by atomic mass is 10.1. The van der Waals surface area contributed by atoms with Crippen molar-refractivity contribution in [2.75, 3.05) is 24.3 Å². The lowest BCUT2D eigenvalue weighted by Crippen LogP contribution is -2.17. The molecule has 1 amide bonds. The molecule has 0 bridgehead atoms. The minimum Gasteiger partial charge on any atom is -0.465 e. The number of esters is 1. The number of methoxy groups -OCH3 is 1. The molecule has 2 N–H and O–H groups in total. The predicted molar refractivity (Wildman–Crippen MR) is 96.0 cm³/mol. The van der Waals surface area contributed by atoms with Crippen molar-refractivity contribution in [1.82, 2.24) is 0 Å². The summed E-state index contributed by atoms with van der Waals surface area (Å²) in [4.78, 5) is 35.1. The Morgan fingerprint density at radius 2 is 1.80 bits per heavy atom. The van der Waals surface area contributed by atoms with Crippen molar-refractivity contribution in [3.63, 3.8) is 0 Å². The van der Waals surface area contributed by atoms with Crippen LogP contribution >= 0.6 is 0 Å². The summed E-state index contributed by atoms with van der Waals surface area (Å²) in [5.74, 6) is -0.686. The van der Waals surface area contributed by atoms with Gasteiger partial charge in [-0.25, -0.2) is 4.79 Å². The average molecular weight is 340 g/mol. The number of ether oxygens (including phenoxy) is 1. The SMILES string of the molecule is COC(=O)c1ccccc1NCCC(=O)Nc1cccc(C(C)=O)c1. The Balaban J connectivity index is 1.90. The maximum Gasteiger partial charge on any atom is 0.339 e. The number of carbonyl (C=O) groups is 3. The minimum atomic E-state index is -0.436. The summed E-state index contributed by atoms with van der Waals surface area (Å²) in [5, 5.41) is 5.81. The third-order valence-electron chi connectivity index (χ3n) is 3.55. The Morgan fingerprint density at radius 1 is 1.04 bits per heavy atom. The van der Waals surface area contributed by atoms with Gasteiger partial charge in [0.2, 0.25) is 5.91 Å². The molecule has 0 radical (unpaired) electrons. The lowest BCUT2D eigenvalue weighted by molar-refractivity contribution is -0.115. The first kappa shape index (κ1) is 18.2. The summed E-state index contributed by atoms with van der Waals surface area (Å²) in [5.41, 5.74) is 2.15. The van der Waals surface area contributed by atoms with E-state index in [0.717, 1.165) is 0 Å². The summed E-state index contributed by atoms with van der Waals surface area (Å²) >= 11 is 0. The number of ketones is 1. The fourth-order valence-electron chi connectivity index (χ4n) is 2.28. The maximum absolute atomic E-state index is 12.0. The second kappa shape index (κ2) is 8.63. The molecule has 25 heavy (non-hydrogen) atoms. The predicted octanol–water partition coefficient (Wildman–Crippen LogP) is 3.12. The highest BCUT2D eigenvalue weighted by molar-refractivity contribution is 5.97. The fraction of sp³-hybridized carbons (Fsp3) is 0.211. The van der Waals surface area contributed by atoms with Crippen LogP contribution in [0.25, 0.3) is 0 Å². The highest BCUT2D eigenvalue weighted by Crippen LogP contribution is 2.16. The van der Waals surface area contributed by atoms with Gasteiger partial charge in [-0.15, -0.1) is 0 Å². The number of hydrogen-bond donors (Lipinski definition) is 2. The van der Waals surface area contributed by atoms with Crippen molar-refractivity contribution in [3.05, 3.63) is 59.7 Å². The van der Waals surface area contributed by atoms with Crippen LogP contribution in [0.15, 0.2) is 48.5 Å². The Labute approximate surface area is 146 Å². The van der Waals surface area contributed by atoms with Gasteiger partial charge in [0, 0.05) is 29.9 Å². The first-order valence-electron chi connectivity index (χ1n) is 7.83. The molecule has 0 saturated heterocycles. The lowest BCUT2D eigenvalue weighted by Gasteiger charge is -2.11. The second-order valence-corrected chi connectivity index (χ2v) is 5.40. The summed E-state index contributed by atoms with van der Waals surface area (Å²) in [7, 11) is 1.32. The molecular weight excluding hydrogens is 320 g/mol. The van der Waals surface area contributed by atoms with Gasteiger partial charge in [0.05, 0.1) is 12.7 Å². The van der Waals surface area contributed by atoms with E-state index in [2.05, 4.69) is 10.6 Å². The van der Waals surface area contributed by atoms with Gasteiger partial charge in [0.25, 0.3) is 0 Å². The second-order valence-electron chi connectivity index (χ2n) is 5.40. The van der Waals surface area contributed by atoms with Gasteiger partial charge in [-0.1, -0.05) is 24.3 Å². The number of amides is 1. The van der Waals surface area contributed by atoms with E-state index < -0.39 is 5.97 Å². The molecule has 2 rings (SSSR count). The number of benzene rings is 2. The Morgan fingerprint density at radius 3 is 2.52 bits per heavy atom. The summed E-state index contributed by atoms with van der Waals surface area (Å²) in [6.07, 6.45) is 0.208. The maximum atomic E-state index is 12.0. The molecule has 0 aliphatic rings. The van der Waals surface area contributed by atoms with Crippen LogP contribution < -0.4 is 10.6 Å². The smallest absolute Gasteiger partial charge is 0.339 e. The van der Waals surface area contributed by atoms with Crippen LogP contribution in [-0.4, -0.2) is 31.3 Å². The van der Waals surface area contributed by atoms with Crippen LogP contribution in [0.1, 0.15) is 34.1 Å². The van der Waals surface area contributed by atoms with Crippen LogP contribution in [0.3, 0.4) is 0 Å². The molecule has 0 fully saturated rings. The van der Waals surface area contributed by atoms with Crippen LogP contribution in [0, 0.1) is 0 Å².